The molecule has 1 aliphatic carbocycles. The molecule has 0 spiro atoms. The number of nitrogens with zero attached hydrogens (tertiary/aromatic N) is 1. The number of ether oxygens (including phenoxy) is 1. The second-order valence-electron chi connectivity index (χ2n) is 6.02. The average molecular weight is 288 g/mol. The van der Waals surface area contributed by atoms with Gasteiger partial charge in [-0.2, -0.15) is 5.10 Å². The quantitative estimate of drug-likeness (QED) is 0.615. The van der Waals surface area contributed by atoms with E-state index in [2.05, 4.69) is 24.4 Å². The highest BCUT2D eigenvalue weighted by Gasteiger charge is 2.24. The molecule has 1 saturated carbocycles. The summed E-state index contributed by atoms with van der Waals surface area (Å²) >= 11 is 0. The van der Waals surface area contributed by atoms with Gasteiger partial charge in [0, 0.05) is 11.3 Å². The summed E-state index contributed by atoms with van der Waals surface area (Å²) in [7, 11) is 0. The molecule has 2 rings (SSSR count). The molecule has 1 N–H and O–H groups in total. The Labute approximate surface area is 126 Å². The van der Waals surface area contributed by atoms with Crippen LogP contribution >= 0.6 is 0 Å². The molecule has 1 aromatic rings. The van der Waals surface area contributed by atoms with Crippen LogP contribution in [-0.4, -0.2) is 18.2 Å². The van der Waals surface area contributed by atoms with E-state index in [1.54, 1.807) is 12.1 Å². The van der Waals surface area contributed by atoms with Crippen molar-refractivity contribution in [3.8, 4) is 5.75 Å². The molecule has 114 valence electrons. The van der Waals surface area contributed by atoms with E-state index in [4.69, 9.17) is 4.74 Å². The van der Waals surface area contributed by atoms with E-state index < -0.39 is 0 Å². The number of hydrogen-bond donors (Lipinski definition) is 1. The molecule has 1 fully saturated rings. The van der Waals surface area contributed by atoms with Gasteiger partial charge >= 0.3 is 0 Å². The third kappa shape index (κ3) is 5.21. The van der Waals surface area contributed by atoms with Crippen LogP contribution in [0.5, 0.6) is 5.75 Å². The summed E-state index contributed by atoms with van der Waals surface area (Å²) in [5, 5.41) is 4.14. The monoisotopic (exact) mass is 288 g/mol. The van der Waals surface area contributed by atoms with Crippen LogP contribution in [0.15, 0.2) is 29.4 Å². The minimum absolute atomic E-state index is 0.177. The van der Waals surface area contributed by atoms with Crippen molar-refractivity contribution in [2.45, 2.75) is 40.0 Å². The fourth-order valence-electron chi connectivity index (χ4n) is 1.91. The van der Waals surface area contributed by atoms with Crippen molar-refractivity contribution in [2.24, 2.45) is 16.9 Å². The molecule has 1 amide bonds. The van der Waals surface area contributed by atoms with Crippen LogP contribution in [0.3, 0.4) is 0 Å². The topological polar surface area (TPSA) is 50.7 Å². The highest BCUT2D eigenvalue weighted by atomic mass is 16.5. The fourth-order valence-corrected chi connectivity index (χ4v) is 1.91. The minimum Gasteiger partial charge on any atom is -0.494 e. The Morgan fingerprint density at radius 2 is 2.00 bits per heavy atom. The molecule has 1 aromatic carbocycles. The van der Waals surface area contributed by atoms with Gasteiger partial charge in [0.25, 0.3) is 5.91 Å². The SMILES string of the molecule is C/C(=N\NC(=O)c1ccc(OCCC(C)C)cc1)C1CC1. The van der Waals surface area contributed by atoms with Gasteiger partial charge in [-0.3, -0.25) is 4.79 Å². The smallest absolute Gasteiger partial charge is 0.271 e. The Kier molecular flexibility index (Phi) is 5.37. The number of hydrazone groups is 1. The first-order valence-corrected chi connectivity index (χ1v) is 7.63. The molecule has 0 aliphatic heterocycles. The first-order chi connectivity index (χ1) is 10.1. The lowest BCUT2D eigenvalue weighted by atomic mass is 10.1. The van der Waals surface area contributed by atoms with Gasteiger partial charge < -0.3 is 4.74 Å². The largest absolute Gasteiger partial charge is 0.494 e. The van der Waals surface area contributed by atoms with Crippen LogP contribution in [0, 0.1) is 11.8 Å². The van der Waals surface area contributed by atoms with Crippen LogP contribution in [0.4, 0.5) is 0 Å². The van der Waals surface area contributed by atoms with Crippen molar-refractivity contribution >= 4 is 11.6 Å². The third-order valence-corrected chi connectivity index (χ3v) is 3.58. The predicted molar refractivity (Wildman–Crippen MR) is 84.7 cm³/mol. The van der Waals surface area contributed by atoms with E-state index in [9.17, 15) is 4.79 Å². The van der Waals surface area contributed by atoms with E-state index in [1.165, 1.54) is 12.8 Å². The van der Waals surface area contributed by atoms with E-state index >= 15 is 0 Å². The molecule has 0 bridgehead atoms. The summed E-state index contributed by atoms with van der Waals surface area (Å²) in [4.78, 5) is 11.9. The maximum Gasteiger partial charge on any atom is 0.271 e. The molecular formula is C17H24N2O2. The zero-order chi connectivity index (χ0) is 15.2. The number of nitrogens with one attached hydrogen (secondary N) is 1. The van der Waals surface area contributed by atoms with Crippen molar-refractivity contribution in [3.63, 3.8) is 0 Å². The molecule has 0 unspecified atom stereocenters. The minimum atomic E-state index is -0.177. The molecule has 0 heterocycles. The number of carbonyl (C=O) groups is 1. The van der Waals surface area contributed by atoms with Crippen LogP contribution in [0.25, 0.3) is 0 Å². The summed E-state index contributed by atoms with van der Waals surface area (Å²) in [5.74, 6) is 1.82. The Morgan fingerprint density at radius 1 is 1.33 bits per heavy atom. The van der Waals surface area contributed by atoms with Crippen molar-refractivity contribution in [1.82, 2.24) is 5.43 Å². The zero-order valence-electron chi connectivity index (χ0n) is 13.1. The first kappa shape index (κ1) is 15.5. The summed E-state index contributed by atoms with van der Waals surface area (Å²) in [6.07, 6.45) is 3.40. The van der Waals surface area contributed by atoms with E-state index in [-0.39, 0.29) is 5.91 Å². The molecular weight excluding hydrogens is 264 g/mol. The van der Waals surface area contributed by atoms with E-state index in [1.807, 2.05) is 19.1 Å². The molecule has 0 aromatic heterocycles. The molecule has 0 atom stereocenters. The molecule has 0 radical (unpaired) electrons. The maximum atomic E-state index is 11.9. The maximum absolute atomic E-state index is 11.9. The van der Waals surface area contributed by atoms with Gasteiger partial charge in [-0.1, -0.05) is 13.8 Å². The van der Waals surface area contributed by atoms with Gasteiger partial charge in [0.15, 0.2) is 0 Å². The third-order valence-electron chi connectivity index (χ3n) is 3.58. The fraction of sp³-hybridized carbons (Fsp3) is 0.529. The molecule has 4 nitrogen and oxygen atoms in total. The molecule has 0 saturated heterocycles. The number of carbonyl (C=O) groups excluding carboxylic acids is 1. The lowest BCUT2D eigenvalue weighted by Crippen LogP contribution is -2.19. The van der Waals surface area contributed by atoms with Gasteiger partial charge in [-0.25, -0.2) is 5.43 Å². The number of amides is 1. The van der Waals surface area contributed by atoms with Crippen LogP contribution in [0.1, 0.15) is 50.4 Å². The molecule has 21 heavy (non-hydrogen) atoms. The Balaban J connectivity index is 1.83. The molecule has 1 aliphatic rings. The first-order valence-electron chi connectivity index (χ1n) is 7.63. The lowest BCUT2D eigenvalue weighted by molar-refractivity contribution is 0.0954. The van der Waals surface area contributed by atoms with Crippen molar-refractivity contribution in [1.29, 1.82) is 0 Å². The van der Waals surface area contributed by atoms with Gasteiger partial charge in [0.2, 0.25) is 0 Å². The van der Waals surface area contributed by atoms with Crippen molar-refractivity contribution in [2.75, 3.05) is 6.61 Å². The summed E-state index contributed by atoms with van der Waals surface area (Å²) in [6, 6.07) is 7.18. The Hall–Kier alpha value is -1.84. The van der Waals surface area contributed by atoms with Gasteiger partial charge in [-0.05, 0) is 62.3 Å². The van der Waals surface area contributed by atoms with Crippen LogP contribution in [-0.2, 0) is 0 Å². The number of benzene rings is 1. The van der Waals surface area contributed by atoms with E-state index in [0.717, 1.165) is 17.9 Å². The second-order valence-corrected chi connectivity index (χ2v) is 6.02. The van der Waals surface area contributed by atoms with Gasteiger partial charge in [0.1, 0.15) is 5.75 Å². The van der Waals surface area contributed by atoms with Crippen molar-refractivity contribution < 1.29 is 9.53 Å². The highest BCUT2D eigenvalue weighted by molar-refractivity contribution is 5.95. The Bertz CT molecular complexity index is 502. The molecule has 4 heteroatoms. The van der Waals surface area contributed by atoms with Gasteiger partial charge in [0.05, 0.1) is 6.61 Å². The van der Waals surface area contributed by atoms with Crippen LogP contribution in [0.2, 0.25) is 0 Å². The van der Waals surface area contributed by atoms with Gasteiger partial charge in [-0.15, -0.1) is 0 Å². The summed E-state index contributed by atoms with van der Waals surface area (Å²) < 4.78 is 5.63. The van der Waals surface area contributed by atoms with Crippen molar-refractivity contribution in [3.05, 3.63) is 29.8 Å². The predicted octanol–water partition coefficient (Wildman–Crippen LogP) is 3.63. The number of hydrogen-bond acceptors (Lipinski definition) is 3. The Morgan fingerprint density at radius 3 is 2.57 bits per heavy atom. The lowest BCUT2D eigenvalue weighted by Gasteiger charge is -2.08. The highest BCUT2D eigenvalue weighted by Crippen LogP contribution is 2.30. The van der Waals surface area contributed by atoms with E-state index in [0.29, 0.717) is 24.0 Å². The number of rotatable bonds is 7. The summed E-state index contributed by atoms with van der Waals surface area (Å²) in [5.41, 5.74) is 4.21. The average Bonchev–Trinajstić information content (AvgIpc) is 3.29. The zero-order valence-corrected chi connectivity index (χ0v) is 13.1. The summed E-state index contributed by atoms with van der Waals surface area (Å²) in [6.45, 7) is 7.00. The second kappa shape index (κ2) is 7.25. The van der Waals surface area contributed by atoms with Crippen LogP contribution < -0.4 is 10.2 Å². The normalized spacial score (nSPS) is 15.1. The standard InChI is InChI=1S/C17H24N2O2/c1-12(2)10-11-21-16-8-6-15(7-9-16)17(20)19-18-13(3)14-4-5-14/h6-9,12,14H,4-5,10-11H2,1-3H3,(H,19,20)/b18-13+.